The molecule has 0 saturated carbocycles. The number of nitrogens with zero attached hydrogens (tertiary/aromatic N) is 1. The number of carboxylic acid groups (broad SMARTS) is 1. The summed E-state index contributed by atoms with van der Waals surface area (Å²) in [5.74, 6) is -1.75. The van der Waals surface area contributed by atoms with Crippen LogP contribution in [0.15, 0.2) is 12.3 Å². The number of aromatic nitrogens is 2. The van der Waals surface area contributed by atoms with Crippen molar-refractivity contribution in [2.45, 2.75) is 12.5 Å². The summed E-state index contributed by atoms with van der Waals surface area (Å²) in [7, 11) is 0. The Morgan fingerprint density at radius 3 is 2.80 bits per heavy atom. The number of rotatable bonds is 5. The molecule has 0 spiro atoms. The van der Waals surface area contributed by atoms with Crippen molar-refractivity contribution in [1.82, 2.24) is 15.5 Å². The van der Waals surface area contributed by atoms with Gasteiger partial charge in [-0.15, -0.1) is 0 Å². The van der Waals surface area contributed by atoms with Crippen molar-refractivity contribution in [3.8, 4) is 0 Å². The third-order valence-corrected chi connectivity index (χ3v) is 1.77. The average Bonchev–Trinajstić information content (AvgIpc) is 2.69. The highest BCUT2D eigenvalue weighted by molar-refractivity contribution is 5.94. The van der Waals surface area contributed by atoms with Gasteiger partial charge in [-0.05, 0) is 6.07 Å². The van der Waals surface area contributed by atoms with Gasteiger partial charge in [0.25, 0.3) is 5.91 Å². The highest BCUT2D eigenvalue weighted by atomic mass is 16.4. The minimum atomic E-state index is -1.18. The topological polar surface area (TPSA) is 115 Å². The Morgan fingerprint density at radius 2 is 2.33 bits per heavy atom. The Labute approximate surface area is 85.1 Å². The van der Waals surface area contributed by atoms with E-state index in [0.717, 1.165) is 0 Å². The minimum Gasteiger partial charge on any atom is -0.480 e. The summed E-state index contributed by atoms with van der Waals surface area (Å²) in [6.45, 7) is -0.305. The fourth-order valence-corrected chi connectivity index (χ4v) is 1.00. The zero-order chi connectivity index (χ0) is 11.3. The first kappa shape index (κ1) is 11.2. The zero-order valence-corrected chi connectivity index (χ0v) is 7.80. The molecule has 7 heteroatoms. The average molecular weight is 213 g/mol. The third-order valence-electron chi connectivity index (χ3n) is 1.77. The van der Waals surface area contributed by atoms with E-state index in [1.165, 1.54) is 12.3 Å². The molecule has 0 aliphatic rings. The monoisotopic (exact) mass is 213 g/mol. The van der Waals surface area contributed by atoms with Gasteiger partial charge in [0.05, 0.1) is 0 Å². The number of carbonyl (C=O) groups is 2. The van der Waals surface area contributed by atoms with Crippen LogP contribution in [0, 0.1) is 0 Å². The lowest BCUT2D eigenvalue weighted by atomic mass is 10.2. The molecule has 1 amide bonds. The SMILES string of the molecule is O=C(N[C@@H](CCO)C(=O)O)c1ccn[nH]1. The Morgan fingerprint density at radius 1 is 1.60 bits per heavy atom. The predicted molar refractivity (Wildman–Crippen MR) is 49.2 cm³/mol. The van der Waals surface area contributed by atoms with Gasteiger partial charge >= 0.3 is 5.97 Å². The van der Waals surface area contributed by atoms with E-state index in [4.69, 9.17) is 10.2 Å². The number of amides is 1. The molecule has 7 nitrogen and oxygen atoms in total. The van der Waals surface area contributed by atoms with Crippen molar-refractivity contribution in [1.29, 1.82) is 0 Å². The van der Waals surface area contributed by atoms with Crippen LogP contribution in [0.4, 0.5) is 0 Å². The van der Waals surface area contributed by atoms with Crippen LogP contribution in [0.2, 0.25) is 0 Å². The summed E-state index contributed by atoms with van der Waals surface area (Å²) in [6.07, 6.45) is 1.35. The number of aliphatic hydroxyl groups excluding tert-OH is 1. The van der Waals surface area contributed by atoms with E-state index in [-0.39, 0.29) is 18.7 Å². The second-order valence-electron chi connectivity index (χ2n) is 2.85. The van der Waals surface area contributed by atoms with Crippen molar-refractivity contribution in [3.05, 3.63) is 18.0 Å². The number of aliphatic carboxylic acids is 1. The lowest BCUT2D eigenvalue weighted by Gasteiger charge is -2.11. The quantitative estimate of drug-likeness (QED) is 0.499. The number of carbonyl (C=O) groups excluding carboxylic acids is 1. The van der Waals surface area contributed by atoms with E-state index in [1.807, 2.05) is 0 Å². The molecule has 1 aromatic rings. The largest absolute Gasteiger partial charge is 0.480 e. The summed E-state index contributed by atoms with van der Waals surface area (Å²) in [5.41, 5.74) is 0.180. The normalized spacial score (nSPS) is 12.1. The molecule has 1 heterocycles. The van der Waals surface area contributed by atoms with Crippen LogP contribution >= 0.6 is 0 Å². The number of hydrogen-bond acceptors (Lipinski definition) is 4. The molecule has 4 N–H and O–H groups in total. The van der Waals surface area contributed by atoms with Crippen LogP contribution in [-0.4, -0.2) is 44.9 Å². The van der Waals surface area contributed by atoms with Gasteiger partial charge in [-0.2, -0.15) is 5.10 Å². The minimum absolute atomic E-state index is 0.0325. The molecule has 1 atom stereocenters. The first-order valence-electron chi connectivity index (χ1n) is 4.29. The molecule has 1 rings (SSSR count). The number of aromatic amines is 1. The van der Waals surface area contributed by atoms with E-state index in [1.54, 1.807) is 0 Å². The first-order valence-corrected chi connectivity index (χ1v) is 4.29. The summed E-state index contributed by atoms with van der Waals surface area (Å²) in [5, 5.41) is 25.5. The Bertz CT molecular complexity index is 336. The van der Waals surface area contributed by atoms with Crippen molar-refractivity contribution >= 4 is 11.9 Å². The molecule has 0 saturated heterocycles. The Balaban J connectivity index is 2.59. The van der Waals surface area contributed by atoms with E-state index in [9.17, 15) is 9.59 Å². The fourth-order valence-electron chi connectivity index (χ4n) is 1.00. The maximum absolute atomic E-state index is 11.4. The highest BCUT2D eigenvalue weighted by Gasteiger charge is 2.20. The van der Waals surface area contributed by atoms with E-state index >= 15 is 0 Å². The van der Waals surface area contributed by atoms with E-state index in [2.05, 4.69) is 15.5 Å². The van der Waals surface area contributed by atoms with Gasteiger partial charge in [0.1, 0.15) is 11.7 Å². The third kappa shape index (κ3) is 3.06. The van der Waals surface area contributed by atoms with Crippen LogP contribution in [0.3, 0.4) is 0 Å². The lowest BCUT2D eigenvalue weighted by molar-refractivity contribution is -0.139. The van der Waals surface area contributed by atoms with Gasteiger partial charge in [0, 0.05) is 19.2 Å². The molecule has 0 fully saturated rings. The zero-order valence-electron chi connectivity index (χ0n) is 7.80. The molecule has 0 unspecified atom stereocenters. The molecular weight excluding hydrogens is 202 g/mol. The molecule has 15 heavy (non-hydrogen) atoms. The molecule has 0 aromatic carbocycles. The lowest BCUT2D eigenvalue weighted by Crippen LogP contribution is -2.41. The fraction of sp³-hybridized carbons (Fsp3) is 0.375. The second-order valence-corrected chi connectivity index (χ2v) is 2.85. The van der Waals surface area contributed by atoms with Gasteiger partial charge in [-0.1, -0.05) is 0 Å². The maximum atomic E-state index is 11.4. The number of carboxylic acids is 1. The molecule has 0 radical (unpaired) electrons. The molecule has 1 aromatic heterocycles. The molecule has 0 aliphatic carbocycles. The van der Waals surface area contributed by atoms with Gasteiger partial charge in [0.2, 0.25) is 0 Å². The standard InChI is InChI=1S/C8H11N3O4/c12-4-2-6(8(14)15)10-7(13)5-1-3-9-11-5/h1,3,6,12H,2,4H2,(H,9,11)(H,10,13)(H,14,15)/t6-/m0/s1. The summed E-state index contributed by atoms with van der Waals surface area (Å²) in [4.78, 5) is 22.0. The molecular formula is C8H11N3O4. The van der Waals surface area contributed by atoms with Crippen LogP contribution < -0.4 is 5.32 Å². The molecule has 0 aliphatic heterocycles. The van der Waals surface area contributed by atoms with E-state index < -0.39 is 17.9 Å². The predicted octanol–water partition coefficient (Wildman–Crippen LogP) is -1.02. The summed E-state index contributed by atoms with van der Waals surface area (Å²) in [6, 6.07) is 0.332. The van der Waals surface area contributed by atoms with Gasteiger partial charge < -0.3 is 15.5 Å². The van der Waals surface area contributed by atoms with E-state index in [0.29, 0.717) is 0 Å². The van der Waals surface area contributed by atoms with Crippen LogP contribution in [-0.2, 0) is 4.79 Å². The summed E-state index contributed by atoms with van der Waals surface area (Å²) < 4.78 is 0. The van der Waals surface area contributed by atoms with Crippen molar-refractivity contribution < 1.29 is 19.8 Å². The number of H-pyrrole nitrogens is 1. The number of aliphatic hydroxyl groups is 1. The molecule has 82 valence electrons. The van der Waals surface area contributed by atoms with Crippen molar-refractivity contribution in [3.63, 3.8) is 0 Å². The van der Waals surface area contributed by atoms with Crippen molar-refractivity contribution in [2.75, 3.05) is 6.61 Å². The first-order chi connectivity index (χ1) is 7.15. The number of hydrogen-bond donors (Lipinski definition) is 4. The smallest absolute Gasteiger partial charge is 0.326 e. The highest BCUT2D eigenvalue weighted by Crippen LogP contribution is 1.96. The maximum Gasteiger partial charge on any atom is 0.326 e. The van der Waals surface area contributed by atoms with Gasteiger partial charge in [0.15, 0.2) is 0 Å². The Hall–Kier alpha value is -1.89. The second kappa shape index (κ2) is 5.11. The van der Waals surface area contributed by atoms with Gasteiger partial charge in [-0.25, -0.2) is 4.79 Å². The van der Waals surface area contributed by atoms with Crippen LogP contribution in [0.5, 0.6) is 0 Å². The van der Waals surface area contributed by atoms with Gasteiger partial charge in [-0.3, -0.25) is 9.89 Å². The number of nitrogens with one attached hydrogen (secondary N) is 2. The molecule has 0 bridgehead atoms. The Kier molecular flexibility index (Phi) is 3.81. The van der Waals surface area contributed by atoms with Crippen LogP contribution in [0.25, 0.3) is 0 Å². The summed E-state index contributed by atoms with van der Waals surface area (Å²) >= 11 is 0. The van der Waals surface area contributed by atoms with Crippen molar-refractivity contribution in [2.24, 2.45) is 0 Å². The van der Waals surface area contributed by atoms with Crippen LogP contribution in [0.1, 0.15) is 16.9 Å².